The van der Waals surface area contributed by atoms with Gasteiger partial charge >= 0.3 is 0 Å². The third-order valence-corrected chi connectivity index (χ3v) is 4.81. The van der Waals surface area contributed by atoms with Gasteiger partial charge in [0.1, 0.15) is 4.90 Å². The van der Waals surface area contributed by atoms with Gasteiger partial charge in [-0.05, 0) is 37.6 Å². The summed E-state index contributed by atoms with van der Waals surface area (Å²) < 4.78 is 25.0. The van der Waals surface area contributed by atoms with E-state index in [2.05, 4.69) is 0 Å². The standard InChI is InChI=1S/C14H15NO4S/c1-10-3-6-12(7-4-10)20(18,19)14-8-5-11(2)9-13(14)15(16)17/h3-9,15-16H,1-2H3. The van der Waals surface area contributed by atoms with E-state index in [9.17, 15) is 18.8 Å². The first-order valence-corrected chi connectivity index (χ1v) is 7.46. The number of rotatable bonds is 3. The molecule has 1 atom stereocenters. The van der Waals surface area contributed by atoms with E-state index >= 15 is 0 Å². The summed E-state index contributed by atoms with van der Waals surface area (Å²) in [6.07, 6.45) is 0. The lowest BCUT2D eigenvalue weighted by molar-refractivity contribution is -0.992. The number of sulfone groups is 1. The molecule has 2 rings (SSSR count). The molecule has 0 fully saturated rings. The zero-order valence-electron chi connectivity index (χ0n) is 11.1. The summed E-state index contributed by atoms with van der Waals surface area (Å²) in [6, 6.07) is 10.6. The lowest BCUT2D eigenvalue weighted by Crippen LogP contribution is -2.99. The van der Waals surface area contributed by atoms with E-state index in [1.807, 2.05) is 6.92 Å². The fraction of sp³-hybridized carbons (Fsp3) is 0.143. The topological polar surface area (TPSA) is 81.9 Å². The zero-order chi connectivity index (χ0) is 14.9. The summed E-state index contributed by atoms with van der Waals surface area (Å²) in [5.74, 6) is 0. The Hall–Kier alpha value is -1.73. The van der Waals surface area contributed by atoms with Gasteiger partial charge in [0.25, 0.3) is 0 Å². The van der Waals surface area contributed by atoms with Crippen LogP contribution in [0.4, 0.5) is 5.69 Å². The van der Waals surface area contributed by atoms with Crippen LogP contribution in [0.15, 0.2) is 52.3 Å². The molecule has 0 spiro atoms. The van der Waals surface area contributed by atoms with E-state index in [0.717, 1.165) is 5.56 Å². The van der Waals surface area contributed by atoms with Gasteiger partial charge in [-0.1, -0.05) is 23.8 Å². The summed E-state index contributed by atoms with van der Waals surface area (Å²) in [6.45, 7) is 3.57. The van der Waals surface area contributed by atoms with Crippen LogP contribution in [0.2, 0.25) is 0 Å². The normalized spacial score (nSPS) is 13.2. The predicted molar refractivity (Wildman–Crippen MR) is 73.6 cm³/mol. The van der Waals surface area contributed by atoms with Crippen LogP contribution in [0.1, 0.15) is 11.1 Å². The van der Waals surface area contributed by atoms with Crippen LogP contribution in [0, 0.1) is 19.1 Å². The van der Waals surface area contributed by atoms with Gasteiger partial charge < -0.3 is 5.21 Å². The first-order valence-electron chi connectivity index (χ1n) is 5.98. The van der Waals surface area contributed by atoms with Crippen molar-refractivity contribution in [2.75, 3.05) is 0 Å². The Labute approximate surface area is 117 Å². The summed E-state index contributed by atoms with van der Waals surface area (Å²) >= 11 is 0. The van der Waals surface area contributed by atoms with Gasteiger partial charge in [-0.2, -0.15) is 5.23 Å². The van der Waals surface area contributed by atoms with Crippen LogP contribution in [-0.4, -0.2) is 13.6 Å². The second-order valence-electron chi connectivity index (χ2n) is 4.62. The molecular formula is C14H15NO4S. The van der Waals surface area contributed by atoms with Gasteiger partial charge in [0.05, 0.1) is 4.90 Å². The fourth-order valence-corrected chi connectivity index (χ4v) is 3.32. The van der Waals surface area contributed by atoms with Crippen LogP contribution < -0.4 is 5.23 Å². The van der Waals surface area contributed by atoms with Crippen molar-refractivity contribution in [2.24, 2.45) is 0 Å². The summed E-state index contributed by atoms with van der Waals surface area (Å²) in [5, 5.41) is 19.2. The third kappa shape index (κ3) is 2.73. The Bertz CT molecular complexity index is 721. The molecule has 0 bridgehead atoms. The minimum atomic E-state index is -3.83. The number of nitrogens with one attached hydrogen (secondary N) is 1. The number of aryl methyl sites for hydroxylation is 2. The van der Waals surface area contributed by atoms with Gasteiger partial charge in [-0.3, -0.25) is 0 Å². The maximum Gasteiger partial charge on any atom is 0.212 e. The third-order valence-electron chi connectivity index (χ3n) is 2.99. The van der Waals surface area contributed by atoms with Gasteiger partial charge in [-0.15, -0.1) is 0 Å². The average Bonchev–Trinajstić information content (AvgIpc) is 2.38. The molecule has 2 aromatic carbocycles. The van der Waals surface area contributed by atoms with Gasteiger partial charge in [0.15, 0.2) is 5.69 Å². The molecule has 0 heterocycles. The number of quaternary nitrogens is 1. The van der Waals surface area contributed by atoms with Gasteiger partial charge in [0.2, 0.25) is 9.84 Å². The van der Waals surface area contributed by atoms with Crippen molar-refractivity contribution in [1.82, 2.24) is 0 Å². The maximum absolute atomic E-state index is 12.5. The van der Waals surface area contributed by atoms with Crippen LogP contribution in [-0.2, 0) is 9.84 Å². The summed E-state index contributed by atoms with van der Waals surface area (Å²) in [7, 11) is -3.83. The first-order chi connectivity index (χ1) is 9.32. The maximum atomic E-state index is 12.5. The van der Waals surface area contributed by atoms with Gasteiger partial charge in [-0.25, -0.2) is 13.6 Å². The second-order valence-corrected chi connectivity index (χ2v) is 6.54. The molecule has 0 saturated carbocycles. The fourth-order valence-electron chi connectivity index (χ4n) is 1.89. The van der Waals surface area contributed by atoms with Crippen molar-refractivity contribution >= 4 is 15.5 Å². The SMILES string of the molecule is Cc1ccc(S(=O)(=O)c2ccc(C)cc2[NH+]([O-])O)cc1. The van der Waals surface area contributed by atoms with Crippen molar-refractivity contribution in [1.29, 1.82) is 0 Å². The molecule has 0 aliphatic heterocycles. The van der Waals surface area contributed by atoms with Crippen molar-refractivity contribution < 1.29 is 18.9 Å². The Morgan fingerprint density at radius 1 is 1.00 bits per heavy atom. The lowest BCUT2D eigenvalue weighted by atomic mass is 10.2. The number of hydrogen-bond acceptors (Lipinski definition) is 4. The van der Waals surface area contributed by atoms with Crippen LogP contribution >= 0.6 is 0 Å². The lowest BCUT2D eigenvalue weighted by Gasteiger charge is -2.16. The molecule has 2 N–H and O–H groups in total. The zero-order valence-corrected chi connectivity index (χ0v) is 11.9. The van der Waals surface area contributed by atoms with E-state index < -0.39 is 15.1 Å². The highest BCUT2D eigenvalue weighted by atomic mass is 32.2. The van der Waals surface area contributed by atoms with Crippen molar-refractivity contribution in [3.05, 3.63) is 58.8 Å². The van der Waals surface area contributed by atoms with Crippen LogP contribution in [0.5, 0.6) is 0 Å². The smallest absolute Gasteiger partial charge is 0.212 e. The molecule has 5 nitrogen and oxygen atoms in total. The molecule has 0 aromatic heterocycles. The van der Waals surface area contributed by atoms with Gasteiger partial charge in [0, 0.05) is 6.07 Å². The predicted octanol–water partition coefficient (Wildman–Crippen LogP) is 1.54. The Morgan fingerprint density at radius 2 is 1.55 bits per heavy atom. The van der Waals surface area contributed by atoms with E-state index in [1.165, 1.54) is 24.3 Å². The molecule has 20 heavy (non-hydrogen) atoms. The number of benzene rings is 2. The highest BCUT2D eigenvalue weighted by Crippen LogP contribution is 2.26. The summed E-state index contributed by atoms with van der Waals surface area (Å²) in [4.78, 5) is -0.0890. The van der Waals surface area contributed by atoms with E-state index in [1.54, 1.807) is 25.1 Å². The van der Waals surface area contributed by atoms with E-state index in [-0.39, 0.29) is 15.5 Å². The molecule has 1 unspecified atom stereocenters. The highest BCUT2D eigenvalue weighted by Gasteiger charge is 2.24. The first kappa shape index (κ1) is 14.7. The minimum Gasteiger partial charge on any atom is -0.595 e. The quantitative estimate of drug-likeness (QED) is 0.841. The molecule has 106 valence electrons. The largest absolute Gasteiger partial charge is 0.595 e. The van der Waals surface area contributed by atoms with E-state index in [0.29, 0.717) is 5.56 Å². The van der Waals surface area contributed by atoms with Crippen LogP contribution in [0.25, 0.3) is 0 Å². The molecule has 0 amide bonds. The Balaban J connectivity index is 2.63. The van der Waals surface area contributed by atoms with Crippen LogP contribution in [0.3, 0.4) is 0 Å². The van der Waals surface area contributed by atoms with E-state index in [4.69, 9.17) is 0 Å². The Kier molecular flexibility index (Phi) is 3.92. The summed E-state index contributed by atoms with van der Waals surface area (Å²) in [5.41, 5.74) is 1.43. The Morgan fingerprint density at radius 3 is 2.10 bits per heavy atom. The molecule has 0 aliphatic carbocycles. The molecule has 0 saturated heterocycles. The molecule has 0 radical (unpaired) electrons. The molecule has 0 aliphatic rings. The van der Waals surface area contributed by atoms with Crippen molar-refractivity contribution in [2.45, 2.75) is 23.6 Å². The molecule has 2 aromatic rings. The molecule has 6 heteroatoms. The minimum absolute atomic E-state index is 0.0921. The average molecular weight is 293 g/mol. The monoisotopic (exact) mass is 293 g/mol. The highest BCUT2D eigenvalue weighted by molar-refractivity contribution is 7.91. The van der Waals surface area contributed by atoms with Crippen molar-refractivity contribution in [3.8, 4) is 0 Å². The number of hydrogen-bond donors (Lipinski definition) is 2. The molecular weight excluding hydrogens is 278 g/mol. The second kappa shape index (κ2) is 5.34. The van der Waals surface area contributed by atoms with Crippen molar-refractivity contribution in [3.63, 3.8) is 0 Å².